The van der Waals surface area contributed by atoms with Crippen LogP contribution in [-0.4, -0.2) is 23.9 Å². The zero-order chi connectivity index (χ0) is 21.3. The van der Waals surface area contributed by atoms with Crippen LogP contribution in [0, 0.1) is 0 Å². The zero-order valence-corrected chi connectivity index (χ0v) is 16.5. The van der Waals surface area contributed by atoms with E-state index in [0.29, 0.717) is 5.56 Å². The van der Waals surface area contributed by atoms with Gasteiger partial charge < -0.3 is 4.74 Å². The van der Waals surface area contributed by atoms with Crippen molar-refractivity contribution in [1.29, 1.82) is 0 Å². The minimum absolute atomic E-state index is 0.0447. The molecule has 1 atom stereocenters. The zero-order valence-electron chi connectivity index (χ0n) is 16.5. The highest BCUT2D eigenvalue weighted by Crippen LogP contribution is 2.19. The Labute approximate surface area is 174 Å². The molecule has 30 heavy (non-hydrogen) atoms. The third-order valence-corrected chi connectivity index (χ3v) is 4.42. The number of carbonyl (C=O) groups excluding carboxylic acids is 3. The normalized spacial score (nSPS) is 11.2. The highest BCUT2D eigenvalue weighted by Gasteiger charge is 2.18. The van der Waals surface area contributed by atoms with Crippen molar-refractivity contribution in [3.05, 3.63) is 96.1 Å². The molecule has 3 aromatic rings. The molecule has 0 bridgehead atoms. The maximum absolute atomic E-state index is 12.2. The number of ether oxygens (including phenoxy) is 1. The second-order valence-corrected chi connectivity index (χ2v) is 6.68. The number of amides is 2. The SMILES string of the molecule is C[C@@H](OC(=O)Cc1ccc(-c2ccccc2)cc1)C(=O)NNC(=O)c1ccccc1. The molecule has 0 aliphatic rings. The fraction of sp³-hybridized carbons (Fsp3) is 0.125. The summed E-state index contributed by atoms with van der Waals surface area (Å²) >= 11 is 0. The van der Waals surface area contributed by atoms with E-state index in [2.05, 4.69) is 10.9 Å². The summed E-state index contributed by atoms with van der Waals surface area (Å²) in [4.78, 5) is 36.1. The molecule has 0 saturated heterocycles. The lowest BCUT2D eigenvalue weighted by atomic mass is 10.0. The third-order valence-electron chi connectivity index (χ3n) is 4.42. The molecule has 0 aliphatic heterocycles. The standard InChI is InChI=1S/C24H22N2O4/c1-17(23(28)25-26-24(29)21-10-6-3-7-11-21)30-22(27)16-18-12-14-20(15-13-18)19-8-4-2-5-9-19/h2-15,17H,16H2,1H3,(H,25,28)(H,26,29)/t17-/m1/s1. The molecule has 2 N–H and O–H groups in total. The van der Waals surface area contributed by atoms with Gasteiger partial charge in [0, 0.05) is 5.56 Å². The van der Waals surface area contributed by atoms with Gasteiger partial charge in [-0.15, -0.1) is 0 Å². The smallest absolute Gasteiger partial charge is 0.311 e. The van der Waals surface area contributed by atoms with Crippen molar-refractivity contribution in [1.82, 2.24) is 10.9 Å². The van der Waals surface area contributed by atoms with Gasteiger partial charge in [0.05, 0.1) is 6.42 Å². The lowest BCUT2D eigenvalue weighted by molar-refractivity contribution is -0.154. The molecule has 6 nitrogen and oxygen atoms in total. The van der Waals surface area contributed by atoms with E-state index >= 15 is 0 Å². The molecule has 152 valence electrons. The van der Waals surface area contributed by atoms with E-state index in [-0.39, 0.29) is 6.42 Å². The average Bonchev–Trinajstić information content (AvgIpc) is 2.78. The predicted octanol–water partition coefficient (Wildman–Crippen LogP) is 3.29. The second-order valence-electron chi connectivity index (χ2n) is 6.68. The molecule has 0 spiro atoms. The van der Waals surface area contributed by atoms with Crippen LogP contribution in [-0.2, 0) is 20.7 Å². The van der Waals surface area contributed by atoms with Gasteiger partial charge in [-0.2, -0.15) is 0 Å². The van der Waals surface area contributed by atoms with Crippen molar-refractivity contribution >= 4 is 17.8 Å². The summed E-state index contributed by atoms with van der Waals surface area (Å²) in [5.41, 5.74) is 7.88. The van der Waals surface area contributed by atoms with Gasteiger partial charge in [0.2, 0.25) is 0 Å². The summed E-state index contributed by atoms with van der Waals surface area (Å²) in [6.45, 7) is 1.44. The number of hydrazine groups is 1. The maximum atomic E-state index is 12.2. The van der Waals surface area contributed by atoms with E-state index in [4.69, 9.17) is 4.74 Å². The highest BCUT2D eigenvalue weighted by atomic mass is 16.5. The Morgan fingerprint density at radius 3 is 1.97 bits per heavy atom. The van der Waals surface area contributed by atoms with Crippen molar-refractivity contribution < 1.29 is 19.1 Å². The summed E-state index contributed by atoms with van der Waals surface area (Å²) < 4.78 is 5.17. The minimum Gasteiger partial charge on any atom is -0.452 e. The molecule has 0 aromatic heterocycles. The molecule has 0 radical (unpaired) electrons. The van der Waals surface area contributed by atoms with Crippen LogP contribution in [0.25, 0.3) is 11.1 Å². The molecule has 0 heterocycles. The summed E-state index contributed by atoms with van der Waals surface area (Å²) in [5, 5.41) is 0. The van der Waals surface area contributed by atoms with Gasteiger partial charge >= 0.3 is 5.97 Å². The fourth-order valence-electron chi connectivity index (χ4n) is 2.79. The van der Waals surface area contributed by atoms with Gasteiger partial charge in [0.15, 0.2) is 6.10 Å². The van der Waals surface area contributed by atoms with E-state index in [9.17, 15) is 14.4 Å². The van der Waals surface area contributed by atoms with Crippen LogP contribution >= 0.6 is 0 Å². The Balaban J connectivity index is 1.47. The largest absolute Gasteiger partial charge is 0.452 e. The first-order valence-corrected chi connectivity index (χ1v) is 9.52. The van der Waals surface area contributed by atoms with Gasteiger partial charge in [-0.25, -0.2) is 0 Å². The first kappa shape index (κ1) is 20.8. The Bertz CT molecular complexity index is 1000. The van der Waals surface area contributed by atoms with E-state index in [0.717, 1.165) is 16.7 Å². The van der Waals surface area contributed by atoms with E-state index < -0.39 is 23.9 Å². The molecule has 0 fully saturated rings. The van der Waals surface area contributed by atoms with Crippen molar-refractivity contribution in [2.45, 2.75) is 19.4 Å². The number of esters is 1. The molecular formula is C24H22N2O4. The molecule has 2 amide bonds. The lowest BCUT2D eigenvalue weighted by Gasteiger charge is -2.14. The van der Waals surface area contributed by atoms with Crippen LogP contribution in [0.3, 0.4) is 0 Å². The van der Waals surface area contributed by atoms with Gasteiger partial charge in [-0.1, -0.05) is 72.8 Å². The average molecular weight is 402 g/mol. The number of rotatable bonds is 6. The summed E-state index contributed by atoms with van der Waals surface area (Å²) in [6.07, 6.45) is -1.000. The van der Waals surface area contributed by atoms with Crippen molar-refractivity contribution in [2.75, 3.05) is 0 Å². The summed E-state index contributed by atoms with van der Waals surface area (Å²) in [5.74, 6) is -1.60. The first-order valence-electron chi connectivity index (χ1n) is 9.52. The monoisotopic (exact) mass is 402 g/mol. The summed E-state index contributed by atoms with van der Waals surface area (Å²) in [6, 6.07) is 26.0. The summed E-state index contributed by atoms with van der Waals surface area (Å²) in [7, 11) is 0. The molecule has 0 saturated carbocycles. The van der Waals surface area contributed by atoms with Crippen LogP contribution in [0.5, 0.6) is 0 Å². The lowest BCUT2D eigenvalue weighted by Crippen LogP contribution is -2.46. The molecule has 6 heteroatoms. The molecule has 3 rings (SSSR count). The highest BCUT2D eigenvalue weighted by molar-refractivity contribution is 5.95. The van der Waals surface area contributed by atoms with Crippen LogP contribution in [0.4, 0.5) is 0 Å². The van der Waals surface area contributed by atoms with Crippen LogP contribution in [0.2, 0.25) is 0 Å². The van der Waals surface area contributed by atoms with Crippen molar-refractivity contribution in [2.24, 2.45) is 0 Å². The number of carbonyl (C=O) groups is 3. The quantitative estimate of drug-likeness (QED) is 0.490. The van der Waals surface area contributed by atoms with E-state index in [1.807, 2.05) is 54.6 Å². The van der Waals surface area contributed by atoms with Crippen molar-refractivity contribution in [3.8, 4) is 11.1 Å². The second kappa shape index (κ2) is 10.0. The van der Waals surface area contributed by atoms with Crippen LogP contribution < -0.4 is 10.9 Å². The van der Waals surface area contributed by atoms with Gasteiger partial charge in [0.25, 0.3) is 11.8 Å². The number of nitrogens with one attached hydrogen (secondary N) is 2. The Morgan fingerprint density at radius 1 is 0.767 bits per heavy atom. The van der Waals surface area contributed by atoms with Crippen LogP contribution in [0.1, 0.15) is 22.8 Å². The van der Waals surface area contributed by atoms with E-state index in [1.165, 1.54) is 6.92 Å². The van der Waals surface area contributed by atoms with Gasteiger partial charge in [0.1, 0.15) is 0 Å². The molecule has 0 unspecified atom stereocenters. The van der Waals surface area contributed by atoms with Crippen molar-refractivity contribution in [3.63, 3.8) is 0 Å². The first-order chi connectivity index (χ1) is 14.5. The topological polar surface area (TPSA) is 84.5 Å². The van der Waals surface area contributed by atoms with Gasteiger partial charge in [-0.05, 0) is 35.7 Å². The van der Waals surface area contributed by atoms with Gasteiger partial charge in [-0.3, -0.25) is 25.2 Å². The molecular weight excluding hydrogens is 380 g/mol. The van der Waals surface area contributed by atoms with E-state index in [1.54, 1.807) is 30.3 Å². The Morgan fingerprint density at radius 2 is 1.33 bits per heavy atom. The number of hydrogen-bond acceptors (Lipinski definition) is 4. The van der Waals surface area contributed by atoms with Crippen LogP contribution in [0.15, 0.2) is 84.9 Å². The molecule has 3 aromatic carbocycles. The Hall–Kier alpha value is -3.93. The molecule has 0 aliphatic carbocycles. The predicted molar refractivity (Wildman–Crippen MR) is 113 cm³/mol. The Kier molecular flexibility index (Phi) is 6.95. The third kappa shape index (κ3) is 5.78. The number of benzene rings is 3. The number of hydrogen-bond donors (Lipinski definition) is 2. The maximum Gasteiger partial charge on any atom is 0.311 e. The fourth-order valence-corrected chi connectivity index (χ4v) is 2.79. The minimum atomic E-state index is -1.04.